The maximum absolute atomic E-state index is 2.44. The van der Waals surface area contributed by atoms with Crippen LogP contribution in [-0.4, -0.2) is 14.1 Å². The topological polar surface area (TPSA) is 0 Å². The molecular weight excluding hydrogens is 387 g/mol. The van der Waals surface area contributed by atoms with Crippen LogP contribution in [0.1, 0.15) is 71.9 Å². The predicted molar refractivity (Wildman–Crippen MR) is 139 cm³/mol. The summed E-state index contributed by atoms with van der Waals surface area (Å²) in [6.45, 7) is 13.9. The van der Waals surface area contributed by atoms with E-state index in [1.807, 2.05) is 0 Å². The van der Waals surface area contributed by atoms with Crippen LogP contribution < -0.4 is 0 Å². The summed E-state index contributed by atoms with van der Waals surface area (Å²) in [4.78, 5) is 0. The number of aryl methyl sites for hydroxylation is 3. The normalized spacial score (nSPS) is 14.1. The molecule has 3 aromatic carbocycles. The molecule has 3 atom stereocenters. The van der Waals surface area contributed by atoms with Gasteiger partial charge in [-0.3, -0.25) is 0 Å². The molecule has 0 heterocycles. The molecule has 0 aromatic heterocycles. The van der Waals surface area contributed by atoms with E-state index in [2.05, 4.69) is 114 Å². The molecule has 0 N–H and O–H groups in total. The maximum atomic E-state index is 2.44. The van der Waals surface area contributed by atoms with E-state index in [-0.39, 0.29) is 0 Å². The van der Waals surface area contributed by atoms with Crippen LogP contribution >= 0.6 is 0 Å². The second kappa shape index (κ2) is 11.2. The number of benzene rings is 3. The van der Waals surface area contributed by atoms with Gasteiger partial charge in [-0.1, -0.05) is 126 Å². The first-order valence-electron chi connectivity index (χ1n) is 12.0. The summed E-state index contributed by atoms with van der Waals surface area (Å²) in [5.74, 6) is 1.94. The summed E-state index contributed by atoms with van der Waals surface area (Å²) >= 11 is -0.954. The van der Waals surface area contributed by atoms with E-state index in [0.29, 0.717) is 17.8 Å². The number of rotatable bonds is 9. The third-order valence-corrected chi connectivity index (χ3v) is 11.1. The first-order valence-corrected chi connectivity index (χ1v) is 14.5. The molecule has 31 heavy (non-hydrogen) atoms. The lowest BCUT2D eigenvalue weighted by atomic mass is 10.0. The van der Waals surface area contributed by atoms with Gasteiger partial charge in [-0.2, -0.15) is 0 Å². The van der Waals surface area contributed by atoms with Crippen molar-refractivity contribution >= 4 is 14.1 Å². The molecule has 0 saturated carbocycles. The fourth-order valence-electron chi connectivity index (χ4n) is 4.88. The van der Waals surface area contributed by atoms with Gasteiger partial charge < -0.3 is 0 Å². The van der Waals surface area contributed by atoms with Gasteiger partial charge in [0, 0.05) is 0 Å². The second-order valence-corrected chi connectivity index (χ2v) is 13.2. The average Bonchev–Trinajstić information content (AvgIpc) is 2.75. The predicted octanol–water partition coefficient (Wildman–Crippen LogP) is 8.82. The zero-order valence-corrected chi connectivity index (χ0v) is 21.5. The minimum atomic E-state index is -0.954. The Hall–Kier alpha value is -1.81. The first kappa shape index (κ1) is 23.8. The summed E-state index contributed by atoms with van der Waals surface area (Å²) in [6.07, 6.45) is 0. The molecule has 0 bridgehead atoms. The highest BCUT2D eigenvalue weighted by molar-refractivity contribution is 6.59. The molecule has 0 fully saturated rings. The molecule has 0 aliphatic rings. The van der Waals surface area contributed by atoms with Crippen molar-refractivity contribution < 1.29 is 0 Å². The van der Waals surface area contributed by atoms with Crippen LogP contribution in [0, 0.1) is 20.8 Å². The molecule has 0 amide bonds. The fourth-order valence-corrected chi connectivity index (χ4v) is 9.28. The standard InChI is InChI=1S/3C10H13.Al/c3*1-8(2)10-6-4-9(3)5-7-10;/h3*4-8H,1H2,2-3H3;. The summed E-state index contributed by atoms with van der Waals surface area (Å²) < 4.78 is 0. The summed E-state index contributed by atoms with van der Waals surface area (Å²) in [5.41, 5.74) is 8.58. The second-order valence-electron chi connectivity index (χ2n) is 10.0. The molecule has 3 aromatic rings. The molecule has 0 radical (unpaired) electrons. The van der Waals surface area contributed by atoms with Crippen LogP contribution in [-0.2, 0) is 0 Å². The smallest absolute Gasteiger partial charge is 0.0872 e. The van der Waals surface area contributed by atoms with E-state index >= 15 is 0 Å². The van der Waals surface area contributed by atoms with E-state index in [0.717, 1.165) is 0 Å². The highest BCUT2D eigenvalue weighted by atomic mass is 27.2. The molecule has 3 rings (SSSR count). The summed E-state index contributed by atoms with van der Waals surface area (Å²) in [5, 5.41) is 4.15. The van der Waals surface area contributed by atoms with Gasteiger partial charge in [0.15, 0.2) is 0 Å². The van der Waals surface area contributed by atoms with Gasteiger partial charge in [0.25, 0.3) is 14.1 Å². The fraction of sp³-hybridized carbons (Fsp3) is 0.400. The molecule has 1 heteroatoms. The molecule has 162 valence electrons. The van der Waals surface area contributed by atoms with Gasteiger partial charge in [-0.15, -0.1) is 0 Å². The minimum Gasteiger partial charge on any atom is -0.0872 e. The molecule has 3 unspecified atom stereocenters. The van der Waals surface area contributed by atoms with E-state index in [9.17, 15) is 0 Å². The Morgan fingerprint density at radius 3 is 0.903 bits per heavy atom. The van der Waals surface area contributed by atoms with E-state index < -0.39 is 14.1 Å². The summed E-state index contributed by atoms with van der Waals surface area (Å²) in [7, 11) is 0. The maximum Gasteiger partial charge on any atom is 0.263 e. The van der Waals surface area contributed by atoms with E-state index in [1.54, 1.807) is 0 Å². The average molecular weight is 427 g/mol. The van der Waals surface area contributed by atoms with Crippen LogP contribution in [0.4, 0.5) is 0 Å². The van der Waals surface area contributed by atoms with Crippen LogP contribution in [0.15, 0.2) is 72.8 Å². The third-order valence-electron chi connectivity index (χ3n) is 7.00. The Morgan fingerprint density at radius 1 is 0.452 bits per heavy atom. The molecule has 0 aliphatic carbocycles. The van der Waals surface area contributed by atoms with E-state index in [1.165, 1.54) is 49.2 Å². The Labute approximate surface area is 195 Å². The van der Waals surface area contributed by atoms with Crippen molar-refractivity contribution in [1.82, 2.24) is 0 Å². The van der Waals surface area contributed by atoms with Gasteiger partial charge >= 0.3 is 0 Å². The zero-order valence-electron chi connectivity index (χ0n) is 20.4. The molecule has 0 saturated heterocycles. The first-order chi connectivity index (χ1) is 14.8. The van der Waals surface area contributed by atoms with Crippen LogP contribution in [0.25, 0.3) is 0 Å². The molecule has 0 spiro atoms. The van der Waals surface area contributed by atoms with Gasteiger partial charge in [-0.25, -0.2) is 0 Å². The van der Waals surface area contributed by atoms with Crippen molar-refractivity contribution in [2.24, 2.45) is 0 Å². The highest BCUT2D eigenvalue weighted by Crippen LogP contribution is 2.33. The van der Waals surface area contributed by atoms with Crippen LogP contribution in [0.2, 0.25) is 15.8 Å². The van der Waals surface area contributed by atoms with Crippen molar-refractivity contribution in [2.75, 3.05) is 0 Å². The van der Waals surface area contributed by atoms with Gasteiger partial charge in [0.1, 0.15) is 0 Å². The van der Waals surface area contributed by atoms with Gasteiger partial charge in [-0.05, 0) is 55.2 Å². The third kappa shape index (κ3) is 7.10. The Balaban J connectivity index is 1.75. The Kier molecular flexibility index (Phi) is 8.60. The van der Waals surface area contributed by atoms with Gasteiger partial charge in [0.05, 0.1) is 0 Å². The van der Waals surface area contributed by atoms with Crippen molar-refractivity contribution in [3.8, 4) is 0 Å². The number of hydrogen-bond donors (Lipinski definition) is 0. The van der Waals surface area contributed by atoms with E-state index in [4.69, 9.17) is 0 Å². The summed E-state index contributed by atoms with van der Waals surface area (Å²) in [6, 6.07) is 27.7. The Bertz CT molecular complexity index is 794. The van der Waals surface area contributed by atoms with Crippen molar-refractivity contribution in [3.05, 3.63) is 106 Å². The van der Waals surface area contributed by atoms with Crippen molar-refractivity contribution in [2.45, 2.75) is 75.1 Å². The minimum absolute atomic E-state index is 0.646. The molecule has 0 nitrogen and oxygen atoms in total. The monoisotopic (exact) mass is 426 g/mol. The van der Waals surface area contributed by atoms with Gasteiger partial charge in [0.2, 0.25) is 0 Å². The Morgan fingerprint density at radius 2 is 0.677 bits per heavy atom. The lowest BCUT2D eigenvalue weighted by molar-refractivity contribution is 0.776. The highest BCUT2D eigenvalue weighted by Gasteiger charge is 2.26. The largest absolute Gasteiger partial charge is 0.263 e. The SMILES string of the molecule is Cc1ccc(C(C)[CH2][Al]([CH2]C(C)c2ccc(C)cc2)[CH2]C(C)c2ccc(C)cc2)cc1. The van der Waals surface area contributed by atoms with Crippen molar-refractivity contribution in [3.63, 3.8) is 0 Å². The lowest BCUT2D eigenvalue weighted by Crippen LogP contribution is -2.20. The van der Waals surface area contributed by atoms with Crippen molar-refractivity contribution in [1.29, 1.82) is 0 Å². The molecular formula is C30H39Al. The quantitative estimate of drug-likeness (QED) is 0.300. The van der Waals surface area contributed by atoms with Crippen LogP contribution in [0.3, 0.4) is 0 Å². The van der Waals surface area contributed by atoms with Crippen LogP contribution in [0.5, 0.6) is 0 Å². The number of hydrogen-bond acceptors (Lipinski definition) is 0. The lowest BCUT2D eigenvalue weighted by Gasteiger charge is -2.24. The zero-order chi connectivity index (χ0) is 22.4. The molecule has 0 aliphatic heterocycles.